The number of halogens is 1. The fourth-order valence-corrected chi connectivity index (χ4v) is 5.69. The maximum Gasteiger partial charge on any atom is 0.412 e. The normalized spacial score (nSPS) is 12.9. The third-order valence-corrected chi connectivity index (χ3v) is 8.69. The number of nitrogens with zero attached hydrogens (tertiary/aromatic N) is 4. The largest absolute Gasteiger partial charge is 0.497 e. The number of amides is 2. The minimum Gasteiger partial charge on any atom is -0.497 e. The monoisotopic (exact) mass is 712 g/mol. The van der Waals surface area contributed by atoms with Crippen LogP contribution in [0.1, 0.15) is 12.0 Å². The molecule has 2 aromatic carbocycles. The molecule has 0 unspecified atom stereocenters. The van der Waals surface area contributed by atoms with Crippen molar-refractivity contribution >= 4 is 45.3 Å². The lowest BCUT2D eigenvalue weighted by atomic mass is 10.1. The first-order chi connectivity index (χ1) is 23.7. The van der Waals surface area contributed by atoms with Crippen molar-refractivity contribution in [3.8, 4) is 23.1 Å². The van der Waals surface area contributed by atoms with Gasteiger partial charge in [-0.05, 0) is 48.4 Å². The van der Waals surface area contributed by atoms with Gasteiger partial charge in [0.2, 0.25) is 11.7 Å². The first kappa shape index (κ1) is 35.1. The van der Waals surface area contributed by atoms with Gasteiger partial charge in [-0.3, -0.25) is 14.8 Å². The van der Waals surface area contributed by atoms with E-state index in [0.717, 1.165) is 11.9 Å². The lowest BCUT2D eigenvalue weighted by Crippen LogP contribution is -2.40. The highest BCUT2D eigenvalue weighted by molar-refractivity contribution is 7.92. The molecule has 49 heavy (non-hydrogen) atoms. The number of carbonyl (C=O) groups is 2. The number of nitrogens with one attached hydrogen (secondary N) is 2. The molecule has 2 amide bonds. The maximum absolute atomic E-state index is 13.5. The Morgan fingerprint density at radius 2 is 1.80 bits per heavy atom. The number of morpholine rings is 1. The van der Waals surface area contributed by atoms with Gasteiger partial charge in [0.05, 0.1) is 30.2 Å². The molecule has 2 aromatic heterocycles. The molecule has 17 heteroatoms. The van der Waals surface area contributed by atoms with Crippen LogP contribution in [-0.4, -0.2) is 86.9 Å². The summed E-state index contributed by atoms with van der Waals surface area (Å²) in [7, 11) is -2.74. The van der Waals surface area contributed by atoms with Gasteiger partial charge in [0, 0.05) is 31.8 Å². The van der Waals surface area contributed by atoms with Crippen molar-refractivity contribution in [1.82, 2.24) is 19.9 Å². The highest BCUT2D eigenvalue weighted by Crippen LogP contribution is 2.40. The molecule has 1 fully saturated rings. The Balaban J connectivity index is 1.29. The number of methoxy groups -OCH3 is 1. The van der Waals surface area contributed by atoms with Crippen molar-refractivity contribution in [2.45, 2.75) is 17.7 Å². The minimum atomic E-state index is -4.21. The van der Waals surface area contributed by atoms with Crippen LogP contribution in [0.25, 0.3) is 0 Å². The quantitative estimate of drug-likeness (QED) is 0.175. The molecular weight excluding hydrogens is 680 g/mol. The number of carbonyl (C=O) groups excluding carboxylic acids is 2. The third-order valence-electron chi connectivity index (χ3n) is 7.03. The molecule has 0 bridgehead atoms. The molecule has 15 nitrogen and oxygen atoms in total. The summed E-state index contributed by atoms with van der Waals surface area (Å²) in [5.41, 5.74) is 0.797. The molecule has 0 saturated carbocycles. The van der Waals surface area contributed by atoms with Gasteiger partial charge in [0.1, 0.15) is 36.9 Å². The summed E-state index contributed by atoms with van der Waals surface area (Å²) in [6, 6.07) is 15.8. The van der Waals surface area contributed by atoms with Gasteiger partial charge >= 0.3 is 6.09 Å². The molecule has 5 rings (SSSR count). The number of aryl methyl sites for hydroxylation is 1. The number of sulfonamides is 1. The number of anilines is 2. The zero-order valence-corrected chi connectivity index (χ0v) is 27.9. The Hall–Kier alpha value is -5.19. The number of benzene rings is 2. The van der Waals surface area contributed by atoms with Gasteiger partial charge in [-0.2, -0.15) is 4.98 Å². The van der Waals surface area contributed by atoms with Crippen molar-refractivity contribution < 1.29 is 41.7 Å². The third kappa shape index (κ3) is 9.91. The summed E-state index contributed by atoms with van der Waals surface area (Å²) in [6.45, 7) is 1.77. The molecule has 0 radical (unpaired) electrons. The highest BCUT2D eigenvalue weighted by atomic mass is 35.5. The number of aromatic nitrogens is 3. The van der Waals surface area contributed by atoms with E-state index in [2.05, 4.69) is 25.0 Å². The molecule has 1 saturated heterocycles. The van der Waals surface area contributed by atoms with E-state index < -0.39 is 16.1 Å². The van der Waals surface area contributed by atoms with Crippen LogP contribution in [0, 0.1) is 0 Å². The summed E-state index contributed by atoms with van der Waals surface area (Å²) >= 11 is 6.37. The second-order valence-corrected chi connectivity index (χ2v) is 12.4. The number of hydrogen-bond donors (Lipinski definition) is 2. The van der Waals surface area contributed by atoms with E-state index in [4.69, 9.17) is 35.3 Å². The van der Waals surface area contributed by atoms with E-state index in [9.17, 15) is 18.0 Å². The molecule has 2 N–H and O–H groups in total. The van der Waals surface area contributed by atoms with Gasteiger partial charge in [-0.15, -0.1) is 0 Å². The number of pyridine rings is 1. The molecule has 0 aliphatic carbocycles. The van der Waals surface area contributed by atoms with E-state index in [-0.39, 0.29) is 52.2 Å². The van der Waals surface area contributed by atoms with Crippen LogP contribution in [0.2, 0.25) is 5.02 Å². The molecule has 1 aliphatic rings. The smallest absolute Gasteiger partial charge is 0.412 e. The Morgan fingerprint density at radius 3 is 2.53 bits per heavy atom. The Kier molecular flexibility index (Phi) is 12.0. The average Bonchev–Trinajstić information content (AvgIpc) is 3.12. The Bertz CT molecular complexity index is 1840. The SMILES string of the molecule is COc1ccc(Cl)c(Oc2c(NS(=O)(=O)c3ccc(CCC(=O)N4CCOCC4)cc3)ncnc2OCCOC(=O)Nc2ccccn2)c1. The first-order valence-corrected chi connectivity index (χ1v) is 16.9. The van der Waals surface area contributed by atoms with Gasteiger partial charge in [-0.1, -0.05) is 29.8 Å². The van der Waals surface area contributed by atoms with Crippen LogP contribution in [0.5, 0.6) is 23.1 Å². The number of hydrogen-bond acceptors (Lipinski definition) is 12. The zero-order valence-electron chi connectivity index (χ0n) is 26.3. The van der Waals surface area contributed by atoms with Gasteiger partial charge in [0.15, 0.2) is 5.82 Å². The zero-order chi connectivity index (χ0) is 34.6. The standard InChI is InChI=1S/C32H33ClN6O9S/c1-44-23-8-11-25(33)26(20-23)48-29-30(35-21-36-31(29)46-18-19-47-32(41)37-27-4-2-3-13-34-27)38-49(42,43)24-9-5-22(6-10-24)7-12-28(40)39-14-16-45-17-15-39/h2-6,8-11,13,20-21H,7,12,14-19H2,1H3,(H,34,37,41)(H,35,36,38). The summed E-state index contributed by atoms with van der Waals surface area (Å²) in [5.74, 6) is 0.214. The van der Waals surface area contributed by atoms with Gasteiger partial charge in [-0.25, -0.2) is 23.2 Å². The van der Waals surface area contributed by atoms with Crippen molar-refractivity contribution in [3.05, 3.63) is 83.8 Å². The van der Waals surface area contributed by atoms with E-state index in [1.54, 1.807) is 41.3 Å². The van der Waals surface area contributed by atoms with E-state index in [0.29, 0.717) is 50.7 Å². The van der Waals surface area contributed by atoms with Crippen LogP contribution in [0.15, 0.2) is 78.1 Å². The van der Waals surface area contributed by atoms with Crippen LogP contribution >= 0.6 is 11.6 Å². The summed E-state index contributed by atoms with van der Waals surface area (Å²) < 4.78 is 56.9. The molecule has 1 aliphatic heterocycles. The second-order valence-electron chi connectivity index (χ2n) is 10.3. The van der Waals surface area contributed by atoms with E-state index in [1.165, 1.54) is 37.6 Å². The highest BCUT2D eigenvalue weighted by Gasteiger charge is 2.24. The predicted molar refractivity (Wildman–Crippen MR) is 178 cm³/mol. The lowest BCUT2D eigenvalue weighted by Gasteiger charge is -2.26. The topological polar surface area (TPSA) is 180 Å². The van der Waals surface area contributed by atoms with E-state index >= 15 is 0 Å². The lowest BCUT2D eigenvalue weighted by molar-refractivity contribution is -0.135. The molecular formula is C32H33ClN6O9S. The van der Waals surface area contributed by atoms with Crippen LogP contribution in [0.3, 0.4) is 0 Å². The van der Waals surface area contributed by atoms with Crippen LogP contribution in [-0.2, 0) is 30.7 Å². The second kappa shape index (κ2) is 16.8. The number of rotatable bonds is 14. The van der Waals surface area contributed by atoms with Crippen molar-refractivity contribution in [2.75, 3.05) is 56.7 Å². The molecule has 3 heterocycles. The fraction of sp³-hybridized carbons (Fsp3) is 0.281. The Labute approximate surface area is 287 Å². The summed E-state index contributed by atoms with van der Waals surface area (Å²) in [6.07, 6.45) is 2.58. The molecule has 0 spiro atoms. The van der Waals surface area contributed by atoms with Crippen molar-refractivity contribution in [2.24, 2.45) is 0 Å². The minimum absolute atomic E-state index is 0.0198. The maximum atomic E-state index is 13.5. The fourth-order valence-electron chi connectivity index (χ4n) is 4.52. The predicted octanol–water partition coefficient (Wildman–Crippen LogP) is 4.55. The van der Waals surface area contributed by atoms with Crippen LogP contribution in [0.4, 0.5) is 16.4 Å². The molecule has 0 atom stereocenters. The summed E-state index contributed by atoms with van der Waals surface area (Å²) in [5, 5.41) is 2.66. The van der Waals surface area contributed by atoms with Crippen LogP contribution < -0.4 is 24.2 Å². The number of ether oxygens (including phenoxy) is 5. The average molecular weight is 713 g/mol. The van der Waals surface area contributed by atoms with Gasteiger partial charge in [0.25, 0.3) is 15.9 Å². The van der Waals surface area contributed by atoms with Crippen molar-refractivity contribution in [3.63, 3.8) is 0 Å². The molecule has 258 valence electrons. The van der Waals surface area contributed by atoms with Gasteiger partial charge < -0.3 is 28.6 Å². The van der Waals surface area contributed by atoms with E-state index in [1.807, 2.05) is 0 Å². The summed E-state index contributed by atoms with van der Waals surface area (Å²) in [4.78, 5) is 38.5. The Morgan fingerprint density at radius 1 is 1.00 bits per heavy atom. The first-order valence-electron chi connectivity index (χ1n) is 15.0. The molecule has 4 aromatic rings. The van der Waals surface area contributed by atoms with Crippen molar-refractivity contribution in [1.29, 1.82) is 0 Å².